The summed E-state index contributed by atoms with van der Waals surface area (Å²) in [5, 5.41) is 12.2. The van der Waals surface area contributed by atoms with Gasteiger partial charge in [0.25, 0.3) is 0 Å². The van der Waals surface area contributed by atoms with E-state index in [-0.39, 0.29) is 12.6 Å². The summed E-state index contributed by atoms with van der Waals surface area (Å²) in [6.07, 6.45) is 3.17. The molecule has 5 nitrogen and oxygen atoms in total. The van der Waals surface area contributed by atoms with Gasteiger partial charge in [-0.15, -0.1) is 0 Å². The van der Waals surface area contributed by atoms with E-state index in [4.69, 9.17) is 0 Å². The molecule has 1 aliphatic carbocycles. The highest BCUT2D eigenvalue weighted by molar-refractivity contribution is 5.78. The number of hydrogen-bond acceptors (Lipinski definition) is 2. The van der Waals surface area contributed by atoms with Gasteiger partial charge in [0.05, 0.1) is 5.41 Å². The minimum Gasteiger partial charge on any atom is -0.481 e. The molecule has 21 heavy (non-hydrogen) atoms. The SMILES string of the molecule is O=C(NCC1(C(=O)O)CCCC1)N1Cc2ccccc2C1. The van der Waals surface area contributed by atoms with E-state index in [0.717, 1.165) is 12.8 Å². The zero-order valence-electron chi connectivity index (χ0n) is 12.0. The van der Waals surface area contributed by atoms with Crippen LogP contribution >= 0.6 is 0 Å². The van der Waals surface area contributed by atoms with Crippen molar-refractivity contribution in [3.63, 3.8) is 0 Å². The van der Waals surface area contributed by atoms with Gasteiger partial charge in [0.1, 0.15) is 0 Å². The number of benzene rings is 1. The zero-order valence-corrected chi connectivity index (χ0v) is 12.0. The summed E-state index contributed by atoms with van der Waals surface area (Å²) in [4.78, 5) is 25.5. The summed E-state index contributed by atoms with van der Waals surface area (Å²) < 4.78 is 0. The molecule has 0 aromatic heterocycles. The third-order valence-corrected chi connectivity index (χ3v) is 4.72. The minimum absolute atomic E-state index is 0.168. The predicted octanol–water partition coefficient (Wildman–Crippen LogP) is 2.36. The highest BCUT2D eigenvalue weighted by Gasteiger charge is 2.41. The molecule has 0 saturated heterocycles. The number of amides is 2. The van der Waals surface area contributed by atoms with Crippen molar-refractivity contribution in [1.29, 1.82) is 0 Å². The van der Waals surface area contributed by atoms with Gasteiger partial charge in [-0.3, -0.25) is 4.79 Å². The molecule has 1 heterocycles. The molecule has 1 fully saturated rings. The Bertz CT molecular complexity index is 539. The Kier molecular flexibility index (Phi) is 3.57. The average Bonchev–Trinajstić information content (AvgIpc) is 3.12. The van der Waals surface area contributed by atoms with Gasteiger partial charge in [-0.1, -0.05) is 37.1 Å². The summed E-state index contributed by atoms with van der Waals surface area (Å²) >= 11 is 0. The van der Waals surface area contributed by atoms with Crippen molar-refractivity contribution in [3.05, 3.63) is 35.4 Å². The summed E-state index contributed by atoms with van der Waals surface area (Å²) in [7, 11) is 0. The maximum absolute atomic E-state index is 12.3. The number of carboxylic acids is 1. The normalized spacial score (nSPS) is 19.3. The highest BCUT2D eigenvalue weighted by Crippen LogP contribution is 2.37. The molecule has 1 aromatic carbocycles. The van der Waals surface area contributed by atoms with Crippen LogP contribution in [0.15, 0.2) is 24.3 Å². The van der Waals surface area contributed by atoms with Crippen molar-refractivity contribution >= 4 is 12.0 Å². The van der Waals surface area contributed by atoms with Crippen LogP contribution in [0.1, 0.15) is 36.8 Å². The van der Waals surface area contributed by atoms with Crippen molar-refractivity contribution in [2.45, 2.75) is 38.8 Å². The van der Waals surface area contributed by atoms with Crippen LogP contribution in [-0.2, 0) is 17.9 Å². The first-order valence-corrected chi connectivity index (χ1v) is 7.44. The quantitative estimate of drug-likeness (QED) is 0.897. The van der Waals surface area contributed by atoms with E-state index in [1.807, 2.05) is 24.3 Å². The van der Waals surface area contributed by atoms with Crippen LogP contribution in [0, 0.1) is 5.41 Å². The summed E-state index contributed by atoms with van der Waals surface area (Å²) in [5.41, 5.74) is 1.57. The van der Waals surface area contributed by atoms with Gasteiger partial charge in [0, 0.05) is 19.6 Å². The maximum atomic E-state index is 12.3. The first kappa shape index (κ1) is 13.9. The van der Waals surface area contributed by atoms with E-state index in [1.165, 1.54) is 11.1 Å². The molecule has 2 aliphatic rings. The molecular weight excluding hydrogens is 268 g/mol. The van der Waals surface area contributed by atoms with E-state index in [0.29, 0.717) is 25.9 Å². The molecule has 1 aliphatic heterocycles. The molecular formula is C16H20N2O3. The molecule has 2 amide bonds. The lowest BCUT2D eigenvalue weighted by Crippen LogP contribution is -2.45. The number of rotatable bonds is 3. The van der Waals surface area contributed by atoms with Gasteiger partial charge in [-0.05, 0) is 24.0 Å². The Morgan fingerprint density at radius 1 is 1.14 bits per heavy atom. The number of carbonyl (C=O) groups is 2. The minimum atomic E-state index is -0.787. The van der Waals surface area contributed by atoms with Gasteiger partial charge >= 0.3 is 12.0 Å². The van der Waals surface area contributed by atoms with Crippen molar-refractivity contribution in [1.82, 2.24) is 10.2 Å². The molecule has 5 heteroatoms. The van der Waals surface area contributed by atoms with Gasteiger partial charge in [-0.25, -0.2) is 4.79 Å². The second-order valence-corrected chi connectivity index (χ2v) is 6.08. The topological polar surface area (TPSA) is 69.6 Å². The third-order valence-electron chi connectivity index (χ3n) is 4.72. The molecule has 0 bridgehead atoms. The van der Waals surface area contributed by atoms with Crippen molar-refractivity contribution in [2.75, 3.05) is 6.54 Å². The molecule has 1 saturated carbocycles. The lowest BCUT2D eigenvalue weighted by molar-refractivity contribution is -0.148. The van der Waals surface area contributed by atoms with Crippen molar-refractivity contribution in [3.8, 4) is 0 Å². The van der Waals surface area contributed by atoms with E-state index in [1.54, 1.807) is 4.90 Å². The van der Waals surface area contributed by atoms with E-state index >= 15 is 0 Å². The Morgan fingerprint density at radius 3 is 2.24 bits per heavy atom. The smallest absolute Gasteiger partial charge is 0.318 e. The Hall–Kier alpha value is -2.04. The Balaban J connectivity index is 1.59. The second kappa shape index (κ2) is 5.39. The molecule has 2 N–H and O–H groups in total. The molecule has 0 atom stereocenters. The van der Waals surface area contributed by atoms with Crippen molar-refractivity contribution in [2.24, 2.45) is 5.41 Å². The van der Waals surface area contributed by atoms with Gasteiger partial charge in [0.15, 0.2) is 0 Å². The monoisotopic (exact) mass is 288 g/mol. The van der Waals surface area contributed by atoms with Crippen LogP contribution in [-0.4, -0.2) is 28.6 Å². The van der Waals surface area contributed by atoms with Crippen LogP contribution < -0.4 is 5.32 Å². The lowest BCUT2D eigenvalue weighted by atomic mass is 9.86. The molecule has 112 valence electrons. The summed E-state index contributed by atoms with van der Waals surface area (Å²) in [5.74, 6) is -0.787. The van der Waals surface area contributed by atoms with E-state index < -0.39 is 11.4 Å². The molecule has 1 aromatic rings. The number of carboxylic acid groups (broad SMARTS) is 1. The molecule has 0 spiro atoms. The zero-order chi connectivity index (χ0) is 14.9. The lowest BCUT2D eigenvalue weighted by Gasteiger charge is -2.25. The van der Waals surface area contributed by atoms with Crippen LogP contribution in [0.4, 0.5) is 4.79 Å². The number of aliphatic carboxylic acids is 1. The molecule has 0 radical (unpaired) electrons. The van der Waals surface area contributed by atoms with Gasteiger partial charge in [-0.2, -0.15) is 0 Å². The molecule has 0 unspecified atom stereocenters. The summed E-state index contributed by atoms with van der Waals surface area (Å²) in [6.45, 7) is 1.43. The van der Waals surface area contributed by atoms with Crippen LogP contribution in [0.3, 0.4) is 0 Å². The fourth-order valence-electron chi connectivity index (χ4n) is 3.35. The fraction of sp³-hybridized carbons (Fsp3) is 0.500. The maximum Gasteiger partial charge on any atom is 0.318 e. The van der Waals surface area contributed by atoms with Crippen LogP contribution in [0.5, 0.6) is 0 Å². The standard InChI is InChI=1S/C16H20N2O3/c19-14(20)16(7-3-4-8-16)11-17-15(21)18-9-12-5-1-2-6-13(12)10-18/h1-2,5-6H,3-4,7-11H2,(H,17,21)(H,19,20). The van der Waals surface area contributed by atoms with E-state index in [9.17, 15) is 14.7 Å². The van der Waals surface area contributed by atoms with Crippen LogP contribution in [0.2, 0.25) is 0 Å². The second-order valence-electron chi connectivity index (χ2n) is 6.08. The number of carbonyl (C=O) groups excluding carboxylic acids is 1. The predicted molar refractivity (Wildman–Crippen MR) is 77.6 cm³/mol. The average molecular weight is 288 g/mol. The third kappa shape index (κ3) is 2.60. The Morgan fingerprint density at radius 2 is 1.71 bits per heavy atom. The number of nitrogens with one attached hydrogen (secondary N) is 1. The largest absolute Gasteiger partial charge is 0.481 e. The Labute approximate surface area is 123 Å². The number of urea groups is 1. The number of fused-ring (bicyclic) bond motifs is 1. The first-order valence-electron chi connectivity index (χ1n) is 7.44. The number of nitrogens with zero attached hydrogens (tertiary/aromatic N) is 1. The summed E-state index contributed by atoms with van der Waals surface area (Å²) in [6, 6.07) is 7.83. The van der Waals surface area contributed by atoms with Crippen LogP contribution in [0.25, 0.3) is 0 Å². The van der Waals surface area contributed by atoms with Gasteiger partial charge < -0.3 is 15.3 Å². The highest BCUT2D eigenvalue weighted by atomic mass is 16.4. The van der Waals surface area contributed by atoms with Crippen molar-refractivity contribution < 1.29 is 14.7 Å². The first-order chi connectivity index (χ1) is 10.1. The van der Waals surface area contributed by atoms with E-state index in [2.05, 4.69) is 5.32 Å². The van der Waals surface area contributed by atoms with Gasteiger partial charge in [0.2, 0.25) is 0 Å². The molecule has 3 rings (SSSR count). The fourth-order valence-corrected chi connectivity index (χ4v) is 3.35. The number of hydrogen-bond donors (Lipinski definition) is 2.